The Hall–Kier alpha value is -3.30. The van der Waals surface area contributed by atoms with Gasteiger partial charge in [0.1, 0.15) is 17.6 Å². The van der Waals surface area contributed by atoms with Gasteiger partial charge in [-0.2, -0.15) is 13.2 Å². The third-order valence-corrected chi connectivity index (χ3v) is 5.25. The van der Waals surface area contributed by atoms with Gasteiger partial charge in [0.2, 0.25) is 11.8 Å². The Morgan fingerprint density at radius 3 is 2.53 bits per heavy atom. The molecule has 0 bridgehead atoms. The number of hydrogen-bond donors (Lipinski definition) is 1. The number of piperazine rings is 1. The van der Waals surface area contributed by atoms with E-state index in [0.29, 0.717) is 6.54 Å². The lowest BCUT2D eigenvalue weighted by Crippen LogP contribution is -2.60. The third kappa shape index (κ3) is 5.68. The second-order valence-electron chi connectivity index (χ2n) is 7.57. The summed E-state index contributed by atoms with van der Waals surface area (Å²) in [6, 6.07) is 9.72. The summed E-state index contributed by atoms with van der Waals surface area (Å²) in [7, 11) is 0. The fourth-order valence-electron chi connectivity index (χ4n) is 3.69. The number of alkyl halides is 3. The topological polar surface area (TPSA) is 75.9 Å². The van der Waals surface area contributed by atoms with E-state index in [0.717, 1.165) is 23.4 Å². The lowest BCUT2D eigenvalue weighted by molar-refractivity contribution is -0.153. The third-order valence-electron chi connectivity index (χ3n) is 5.25. The largest absolute Gasteiger partial charge is 0.484 e. The Morgan fingerprint density at radius 2 is 1.88 bits per heavy atom. The number of halogens is 4. The Balaban J connectivity index is 1.76. The van der Waals surface area contributed by atoms with Crippen LogP contribution in [0.2, 0.25) is 0 Å². The van der Waals surface area contributed by atoms with Crippen molar-refractivity contribution >= 4 is 17.5 Å². The van der Waals surface area contributed by atoms with Crippen molar-refractivity contribution in [1.29, 1.82) is 0 Å². The summed E-state index contributed by atoms with van der Waals surface area (Å²) in [5, 5.41) is 0. The van der Waals surface area contributed by atoms with Crippen LogP contribution < -0.4 is 15.4 Å². The highest BCUT2D eigenvalue weighted by atomic mass is 19.4. The number of ether oxygens (including phenoxy) is 1. The van der Waals surface area contributed by atoms with E-state index in [1.807, 2.05) is 36.1 Å². The summed E-state index contributed by atoms with van der Waals surface area (Å²) < 4.78 is 55.8. The fraction of sp³-hybridized carbons (Fsp3) is 0.364. The molecule has 10 heteroatoms. The number of amides is 2. The molecule has 1 saturated heterocycles. The molecule has 6 nitrogen and oxygen atoms in total. The van der Waals surface area contributed by atoms with E-state index in [1.165, 1.54) is 11.0 Å². The lowest BCUT2D eigenvalue weighted by atomic mass is 10.1. The van der Waals surface area contributed by atoms with Gasteiger partial charge in [0.25, 0.3) is 0 Å². The lowest BCUT2D eigenvalue weighted by Gasteiger charge is -2.41. The highest BCUT2D eigenvalue weighted by Gasteiger charge is 2.35. The van der Waals surface area contributed by atoms with E-state index in [-0.39, 0.29) is 30.8 Å². The zero-order valence-corrected chi connectivity index (χ0v) is 17.4. The first-order valence-corrected chi connectivity index (χ1v) is 9.92. The molecule has 1 unspecified atom stereocenters. The molecule has 0 saturated carbocycles. The minimum absolute atomic E-state index is 0.0882. The quantitative estimate of drug-likeness (QED) is 0.683. The van der Waals surface area contributed by atoms with Crippen LogP contribution in [0, 0.1) is 12.7 Å². The summed E-state index contributed by atoms with van der Waals surface area (Å²) in [6.07, 6.45) is -4.97. The Labute approximate surface area is 182 Å². The number of benzene rings is 2. The maximum Gasteiger partial charge on any atom is 0.422 e. The first-order chi connectivity index (χ1) is 15.0. The zero-order chi connectivity index (χ0) is 23.5. The van der Waals surface area contributed by atoms with E-state index >= 15 is 0 Å². The summed E-state index contributed by atoms with van der Waals surface area (Å²) in [6.45, 7) is 1.15. The van der Waals surface area contributed by atoms with Crippen molar-refractivity contribution in [2.24, 2.45) is 5.73 Å². The molecule has 2 N–H and O–H groups in total. The van der Waals surface area contributed by atoms with Crippen molar-refractivity contribution in [2.45, 2.75) is 25.6 Å². The van der Waals surface area contributed by atoms with Gasteiger partial charge in [-0.25, -0.2) is 4.39 Å². The monoisotopic (exact) mass is 453 g/mol. The zero-order valence-electron chi connectivity index (χ0n) is 17.4. The molecule has 1 aliphatic heterocycles. The van der Waals surface area contributed by atoms with Gasteiger partial charge in [-0.05, 0) is 24.6 Å². The molecule has 0 aliphatic carbocycles. The molecule has 1 atom stereocenters. The van der Waals surface area contributed by atoms with Gasteiger partial charge in [0.05, 0.1) is 6.42 Å². The summed E-state index contributed by atoms with van der Waals surface area (Å²) in [5.74, 6) is -2.36. The van der Waals surface area contributed by atoms with Crippen LogP contribution in [0.5, 0.6) is 5.75 Å². The minimum atomic E-state index is -4.61. The van der Waals surface area contributed by atoms with Crippen LogP contribution in [0.4, 0.5) is 23.2 Å². The van der Waals surface area contributed by atoms with E-state index < -0.39 is 36.5 Å². The van der Waals surface area contributed by atoms with Gasteiger partial charge >= 0.3 is 6.18 Å². The maximum absolute atomic E-state index is 13.5. The van der Waals surface area contributed by atoms with Crippen LogP contribution in [0.15, 0.2) is 42.5 Å². The predicted molar refractivity (Wildman–Crippen MR) is 110 cm³/mol. The van der Waals surface area contributed by atoms with Crippen molar-refractivity contribution in [3.63, 3.8) is 0 Å². The Kier molecular flexibility index (Phi) is 6.90. The van der Waals surface area contributed by atoms with E-state index in [4.69, 9.17) is 10.5 Å². The van der Waals surface area contributed by atoms with Crippen LogP contribution in [0.3, 0.4) is 0 Å². The molecular formula is C22H23F4N3O3. The number of para-hydroxylation sites is 1. The summed E-state index contributed by atoms with van der Waals surface area (Å²) in [4.78, 5) is 28.3. The average Bonchev–Trinajstić information content (AvgIpc) is 2.73. The van der Waals surface area contributed by atoms with Gasteiger partial charge in [-0.15, -0.1) is 0 Å². The molecule has 172 valence electrons. The van der Waals surface area contributed by atoms with Gasteiger partial charge in [0, 0.05) is 37.0 Å². The predicted octanol–water partition coefficient (Wildman–Crippen LogP) is 2.82. The van der Waals surface area contributed by atoms with Gasteiger partial charge < -0.3 is 20.3 Å². The molecule has 3 rings (SSSR count). The van der Waals surface area contributed by atoms with Crippen molar-refractivity contribution in [3.8, 4) is 5.75 Å². The molecule has 0 aromatic heterocycles. The maximum atomic E-state index is 13.5. The highest BCUT2D eigenvalue weighted by Crippen LogP contribution is 2.26. The molecule has 2 aromatic rings. The van der Waals surface area contributed by atoms with Crippen molar-refractivity contribution in [2.75, 3.05) is 31.1 Å². The Morgan fingerprint density at radius 1 is 1.16 bits per heavy atom. The molecular weight excluding hydrogens is 430 g/mol. The van der Waals surface area contributed by atoms with E-state index in [2.05, 4.69) is 0 Å². The van der Waals surface area contributed by atoms with E-state index in [1.54, 1.807) is 0 Å². The molecule has 2 amide bonds. The second-order valence-corrected chi connectivity index (χ2v) is 7.57. The molecule has 32 heavy (non-hydrogen) atoms. The fourth-order valence-corrected chi connectivity index (χ4v) is 3.69. The number of rotatable bonds is 6. The van der Waals surface area contributed by atoms with Crippen LogP contribution in [-0.4, -0.2) is 55.2 Å². The first-order valence-electron chi connectivity index (χ1n) is 9.92. The molecule has 0 radical (unpaired) electrons. The number of anilines is 1. The standard InChI is InChI=1S/C22H23F4N3O3/c1-14-4-2-3-5-17(14)28-8-9-29(18(12-28)21(27)31)20(30)10-15-6-7-16(23)11-19(15)32-13-22(24,25)26/h2-7,11,18H,8-10,12-13H2,1H3,(H2,27,31). The van der Waals surface area contributed by atoms with Crippen molar-refractivity contribution in [3.05, 3.63) is 59.4 Å². The first kappa shape index (κ1) is 23.4. The molecule has 2 aromatic carbocycles. The average molecular weight is 453 g/mol. The number of primary amides is 1. The molecule has 1 fully saturated rings. The van der Waals surface area contributed by atoms with E-state index in [9.17, 15) is 27.2 Å². The van der Waals surface area contributed by atoms with Crippen LogP contribution in [0.25, 0.3) is 0 Å². The summed E-state index contributed by atoms with van der Waals surface area (Å²) >= 11 is 0. The summed E-state index contributed by atoms with van der Waals surface area (Å²) in [5.41, 5.74) is 7.57. The van der Waals surface area contributed by atoms with Crippen molar-refractivity contribution < 1.29 is 31.9 Å². The van der Waals surface area contributed by atoms with Gasteiger partial charge in [0.15, 0.2) is 6.61 Å². The number of aryl methyl sites for hydroxylation is 1. The minimum Gasteiger partial charge on any atom is -0.484 e. The highest BCUT2D eigenvalue weighted by molar-refractivity contribution is 5.89. The van der Waals surface area contributed by atoms with Crippen LogP contribution >= 0.6 is 0 Å². The Bertz CT molecular complexity index is 997. The SMILES string of the molecule is Cc1ccccc1N1CCN(C(=O)Cc2ccc(F)cc2OCC(F)(F)F)C(C(N)=O)C1. The number of nitrogens with zero attached hydrogens (tertiary/aromatic N) is 2. The molecule has 0 spiro atoms. The van der Waals surface area contributed by atoms with Gasteiger partial charge in [-0.1, -0.05) is 24.3 Å². The number of carbonyl (C=O) groups excluding carboxylic acids is 2. The number of nitrogens with two attached hydrogens (primary N) is 1. The van der Waals surface area contributed by atoms with Crippen LogP contribution in [-0.2, 0) is 16.0 Å². The van der Waals surface area contributed by atoms with Crippen LogP contribution in [0.1, 0.15) is 11.1 Å². The normalized spacial score (nSPS) is 16.7. The number of carbonyl (C=O) groups is 2. The molecule has 1 aliphatic rings. The van der Waals surface area contributed by atoms with Crippen molar-refractivity contribution in [1.82, 2.24) is 4.90 Å². The van der Waals surface area contributed by atoms with Gasteiger partial charge in [-0.3, -0.25) is 9.59 Å². The smallest absolute Gasteiger partial charge is 0.422 e. The molecule has 1 heterocycles. The number of hydrogen-bond acceptors (Lipinski definition) is 4. The second kappa shape index (κ2) is 9.46.